The largest absolute Gasteiger partial charge is 0.360 e. The second-order valence-electron chi connectivity index (χ2n) is 11.7. The molecule has 0 aliphatic carbocycles. The third kappa shape index (κ3) is 23.5. The molecule has 2 atom stereocenters. The molecule has 0 aromatic rings. The number of nitrogens with zero attached hydrogens (tertiary/aromatic N) is 1. The molecular formula is C32H61N2O5P. The van der Waals surface area contributed by atoms with Gasteiger partial charge in [0.2, 0.25) is 5.91 Å². The van der Waals surface area contributed by atoms with Gasteiger partial charge in [0.05, 0.1) is 0 Å². The molecule has 0 spiro atoms. The maximum Gasteiger partial charge on any atom is 0.220 e. The summed E-state index contributed by atoms with van der Waals surface area (Å²) in [4.78, 5) is 61.5. The number of amides is 1. The third-order valence-corrected chi connectivity index (χ3v) is 8.64. The Balaban J connectivity index is 4.13. The van der Waals surface area contributed by atoms with Crippen LogP contribution in [0.1, 0.15) is 155 Å². The molecule has 7 nitrogen and oxygen atoms in total. The molecule has 8 heteroatoms. The smallest absolute Gasteiger partial charge is 0.220 e. The Morgan fingerprint density at radius 2 is 1.10 bits per heavy atom. The molecule has 0 rings (SSSR count). The highest BCUT2D eigenvalue weighted by molar-refractivity contribution is 7.84. The summed E-state index contributed by atoms with van der Waals surface area (Å²) in [6.45, 7) is 4.61. The highest BCUT2D eigenvalue weighted by Crippen LogP contribution is 2.35. The number of hydrogen-bond acceptors (Lipinski definition) is 6. The van der Waals surface area contributed by atoms with E-state index in [0.717, 1.165) is 19.3 Å². The van der Waals surface area contributed by atoms with E-state index in [-0.39, 0.29) is 31.0 Å². The minimum atomic E-state index is -2.42. The van der Waals surface area contributed by atoms with Crippen LogP contribution in [0.4, 0.5) is 0 Å². The summed E-state index contributed by atoms with van der Waals surface area (Å²) in [5.41, 5.74) is -1.04. The van der Waals surface area contributed by atoms with Gasteiger partial charge in [-0.2, -0.15) is 0 Å². The van der Waals surface area contributed by atoms with Crippen molar-refractivity contribution >= 4 is 30.9 Å². The van der Waals surface area contributed by atoms with Crippen LogP contribution in [0.3, 0.4) is 0 Å². The first-order valence-corrected chi connectivity index (χ1v) is 17.5. The molecule has 0 saturated heterocycles. The summed E-state index contributed by atoms with van der Waals surface area (Å²) in [6.07, 6.45) is 21.8. The Labute approximate surface area is 246 Å². The molecule has 1 amide bonds. The predicted molar refractivity (Wildman–Crippen MR) is 168 cm³/mol. The summed E-state index contributed by atoms with van der Waals surface area (Å²) < 4.78 is 0. The Bertz CT molecular complexity index is 686. The molecule has 234 valence electrons. The summed E-state index contributed by atoms with van der Waals surface area (Å²) in [6, 6.07) is -0.668. The lowest BCUT2D eigenvalue weighted by Gasteiger charge is -2.19. The zero-order chi connectivity index (χ0) is 30.0. The lowest BCUT2D eigenvalue weighted by molar-refractivity contribution is -0.123. The van der Waals surface area contributed by atoms with Crippen molar-refractivity contribution in [1.82, 2.24) is 10.2 Å². The number of unbranched alkanes of at least 4 members (excludes halogenated alkanes) is 15. The van der Waals surface area contributed by atoms with Gasteiger partial charge < -0.3 is 15.1 Å². The van der Waals surface area contributed by atoms with E-state index < -0.39 is 25.2 Å². The van der Waals surface area contributed by atoms with Gasteiger partial charge in [-0.05, 0) is 26.9 Å². The van der Waals surface area contributed by atoms with Crippen LogP contribution in [0.5, 0.6) is 0 Å². The third-order valence-electron chi connectivity index (χ3n) is 7.29. The van der Waals surface area contributed by atoms with Crippen molar-refractivity contribution in [2.75, 3.05) is 20.6 Å². The van der Waals surface area contributed by atoms with Crippen LogP contribution in [-0.4, -0.2) is 59.2 Å². The Kier molecular flexibility index (Phi) is 25.9. The van der Waals surface area contributed by atoms with Gasteiger partial charge in [0.15, 0.2) is 19.2 Å². The monoisotopic (exact) mass is 584 g/mol. The topological polar surface area (TPSA) is 104 Å². The van der Waals surface area contributed by atoms with Crippen molar-refractivity contribution in [3.05, 3.63) is 0 Å². The molecule has 0 saturated carbocycles. The lowest BCUT2D eigenvalue weighted by Crippen LogP contribution is -2.38. The van der Waals surface area contributed by atoms with Crippen molar-refractivity contribution in [3.63, 3.8) is 0 Å². The summed E-state index contributed by atoms with van der Waals surface area (Å²) in [5, 5.41) is 2.78. The highest BCUT2D eigenvalue weighted by Gasteiger charge is 2.28. The summed E-state index contributed by atoms with van der Waals surface area (Å²) in [5.74, 6) is -0.196. The van der Waals surface area contributed by atoms with E-state index >= 15 is 0 Å². The number of rotatable bonds is 29. The van der Waals surface area contributed by atoms with Crippen LogP contribution in [0, 0.1) is 0 Å². The molecule has 40 heavy (non-hydrogen) atoms. The van der Waals surface area contributed by atoms with E-state index in [4.69, 9.17) is 0 Å². The van der Waals surface area contributed by atoms with Crippen LogP contribution < -0.4 is 5.32 Å². The average molecular weight is 585 g/mol. The molecular weight excluding hydrogens is 523 g/mol. The minimum absolute atomic E-state index is 0.0150. The van der Waals surface area contributed by atoms with Gasteiger partial charge in [0.25, 0.3) is 0 Å². The molecule has 2 unspecified atom stereocenters. The van der Waals surface area contributed by atoms with Crippen LogP contribution in [0.2, 0.25) is 0 Å². The molecule has 0 aromatic heterocycles. The fourth-order valence-corrected chi connectivity index (χ4v) is 5.79. The Morgan fingerprint density at radius 1 is 0.625 bits per heavy atom. The second-order valence-corrected chi connectivity index (χ2v) is 13.3. The molecule has 0 aliphatic heterocycles. The van der Waals surface area contributed by atoms with Gasteiger partial charge in [-0.25, -0.2) is 0 Å². The average Bonchev–Trinajstić information content (AvgIpc) is 2.90. The lowest BCUT2D eigenvalue weighted by atomic mass is 10.0. The van der Waals surface area contributed by atoms with Crippen LogP contribution >= 0.6 is 8.15 Å². The van der Waals surface area contributed by atoms with E-state index in [1.807, 2.05) is 25.9 Å². The normalized spacial score (nSPS) is 12.8. The van der Waals surface area contributed by atoms with Gasteiger partial charge >= 0.3 is 0 Å². The number of carbonyl (C=O) groups excluding carboxylic acids is 4. The molecule has 0 heterocycles. The summed E-state index contributed by atoms with van der Waals surface area (Å²) >= 11 is 0. The standard InChI is InChI=1S/C32H61N2O5P/c1-5-7-8-9-10-11-12-13-14-15-16-17-18-19-20-21-23-29(35)26-28(33-30(36)22-6-2)27-32(38)40(39)31(37)24-25-34(3)4/h28,39H,5-27H2,1-4H3,(H,33,36). The first kappa shape index (κ1) is 38.8. The van der Waals surface area contributed by atoms with Crippen molar-refractivity contribution in [1.29, 1.82) is 0 Å². The second kappa shape index (κ2) is 26.7. The zero-order valence-corrected chi connectivity index (χ0v) is 27.2. The van der Waals surface area contributed by atoms with E-state index in [2.05, 4.69) is 12.2 Å². The first-order valence-electron chi connectivity index (χ1n) is 16.2. The van der Waals surface area contributed by atoms with Gasteiger partial charge in [-0.3, -0.25) is 19.2 Å². The fourth-order valence-electron chi connectivity index (χ4n) is 4.81. The SMILES string of the molecule is CCCCCCCCCCCCCCCCCCC(=O)CC(CC(=O)P(O)C(=O)CCN(C)C)NC(=O)CCC. The fraction of sp³-hybridized carbons (Fsp3) is 0.875. The number of hydrogen-bond donors (Lipinski definition) is 2. The molecule has 0 aliphatic rings. The molecule has 2 N–H and O–H groups in total. The van der Waals surface area contributed by atoms with Crippen LogP contribution in [0.15, 0.2) is 0 Å². The van der Waals surface area contributed by atoms with Crippen molar-refractivity contribution < 1.29 is 24.1 Å². The zero-order valence-electron chi connectivity index (χ0n) is 26.3. The minimum Gasteiger partial charge on any atom is -0.360 e. The highest BCUT2D eigenvalue weighted by atomic mass is 31.1. The van der Waals surface area contributed by atoms with E-state index in [9.17, 15) is 24.1 Å². The number of ketones is 1. The Morgan fingerprint density at radius 3 is 1.55 bits per heavy atom. The van der Waals surface area contributed by atoms with Crippen LogP contribution in [0.25, 0.3) is 0 Å². The van der Waals surface area contributed by atoms with Gasteiger partial charge in [0, 0.05) is 44.7 Å². The van der Waals surface area contributed by atoms with Gasteiger partial charge in [0.1, 0.15) is 5.78 Å². The van der Waals surface area contributed by atoms with Gasteiger partial charge in [-0.15, -0.1) is 0 Å². The van der Waals surface area contributed by atoms with E-state index in [0.29, 0.717) is 25.8 Å². The maximum absolute atomic E-state index is 12.6. The predicted octanol–water partition coefficient (Wildman–Crippen LogP) is 7.67. The quantitative estimate of drug-likeness (QED) is 0.0691. The van der Waals surface area contributed by atoms with Crippen molar-refractivity contribution in [2.45, 2.75) is 161 Å². The number of Topliss-reactive ketones (excluding diaryl/α,β-unsaturated/α-hetero) is 1. The van der Waals surface area contributed by atoms with Crippen molar-refractivity contribution in [2.24, 2.45) is 0 Å². The van der Waals surface area contributed by atoms with E-state index in [1.165, 1.54) is 83.5 Å². The van der Waals surface area contributed by atoms with E-state index in [1.54, 1.807) is 0 Å². The molecule has 0 bridgehead atoms. The summed E-state index contributed by atoms with van der Waals surface area (Å²) in [7, 11) is 1.22. The molecule has 0 fully saturated rings. The first-order chi connectivity index (χ1) is 19.2. The molecule has 0 radical (unpaired) electrons. The number of carbonyl (C=O) groups is 4. The number of nitrogens with one attached hydrogen (secondary N) is 1. The molecule has 0 aromatic carbocycles. The van der Waals surface area contributed by atoms with Crippen molar-refractivity contribution in [3.8, 4) is 0 Å². The maximum atomic E-state index is 12.6. The Hall–Kier alpha value is -1.17. The van der Waals surface area contributed by atoms with Crippen LogP contribution in [-0.2, 0) is 19.2 Å². The van der Waals surface area contributed by atoms with Gasteiger partial charge in [-0.1, -0.05) is 110 Å².